The van der Waals surface area contributed by atoms with Gasteiger partial charge in [-0.3, -0.25) is 9.36 Å². The van der Waals surface area contributed by atoms with Gasteiger partial charge in [0.05, 0.1) is 15.9 Å². The Hall–Kier alpha value is -2.51. The van der Waals surface area contributed by atoms with Crippen molar-refractivity contribution >= 4 is 27.0 Å². The van der Waals surface area contributed by atoms with E-state index in [0.717, 1.165) is 36.7 Å². The smallest absolute Gasteiger partial charge is 0.263 e. The number of carbonyl (C=O) groups is 1. The van der Waals surface area contributed by atoms with E-state index in [1.807, 2.05) is 24.3 Å². The van der Waals surface area contributed by atoms with Crippen LogP contribution in [0, 0.1) is 0 Å². The highest BCUT2D eigenvalue weighted by Gasteiger charge is 2.25. The largest absolute Gasteiger partial charge is 0.268 e. The number of carbonyl (C=O) groups excluding carboxylic acids is 1. The summed E-state index contributed by atoms with van der Waals surface area (Å²) in [5, 5.41) is 0. The van der Waals surface area contributed by atoms with Crippen LogP contribution in [0.25, 0.3) is 11.0 Å². The van der Waals surface area contributed by atoms with Crippen molar-refractivity contribution in [3.63, 3.8) is 0 Å². The van der Waals surface area contributed by atoms with E-state index in [-0.39, 0.29) is 10.8 Å². The second-order valence-corrected chi connectivity index (χ2v) is 8.69. The van der Waals surface area contributed by atoms with E-state index in [9.17, 15) is 13.2 Å². The van der Waals surface area contributed by atoms with Gasteiger partial charge in [-0.25, -0.2) is 13.4 Å². The molecule has 0 saturated carbocycles. The van der Waals surface area contributed by atoms with Gasteiger partial charge in [-0.15, -0.1) is 0 Å². The monoisotopic (exact) mass is 383 g/mol. The summed E-state index contributed by atoms with van der Waals surface area (Å²) in [5.41, 5.74) is 1.89. The number of aromatic nitrogens is 2. The van der Waals surface area contributed by atoms with Crippen LogP contribution in [-0.2, 0) is 10.0 Å². The molecule has 0 bridgehead atoms. The van der Waals surface area contributed by atoms with E-state index in [1.165, 1.54) is 23.0 Å². The van der Waals surface area contributed by atoms with E-state index in [4.69, 9.17) is 0 Å². The molecule has 0 aliphatic carbocycles. The number of hydrogen-bond acceptors (Lipinski definition) is 4. The molecule has 3 aromatic rings. The van der Waals surface area contributed by atoms with Crippen LogP contribution in [0.3, 0.4) is 0 Å². The molecule has 2 heterocycles. The lowest BCUT2D eigenvalue weighted by Gasteiger charge is -2.20. The van der Waals surface area contributed by atoms with Gasteiger partial charge >= 0.3 is 0 Å². The zero-order chi connectivity index (χ0) is 18.9. The van der Waals surface area contributed by atoms with Crippen molar-refractivity contribution in [2.45, 2.75) is 30.6 Å². The standard InChI is InChI=1S/C20H21N3O3S/c24-20(23-15-21-18-7-3-4-8-19(18)23)16-9-11-17(12-10-16)27(25,26)22-13-5-1-2-6-14-22/h3-4,7-12,15H,1-2,5-6,13-14H2. The van der Waals surface area contributed by atoms with Crippen molar-refractivity contribution in [1.82, 2.24) is 13.9 Å². The van der Waals surface area contributed by atoms with Gasteiger partial charge in [-0.2, -0.15) is 4.31 Å². The normalized spacial score (nSPS) is 16.3. The van der Waals surface area contributed by atoms with E-state index >= 15 is 0 Å². The highest BCUT2D eigenvalue weighted by molar-refractivity contribution is 7.89. The molecule has 27 heavy (non-hydrogen) atoms. The van der Waals surface area contributed by atoms with Gasteiger partial charge in [0.1, 0.15) is 6.33 Å². The molecule has 1 aliphatic rings. The lowest BCUT2D eigenvalue weighted by atomic mass is 10.2. The molecular weight excluding hydrogens is 362 g/mol. The van der Waals surface area contributed by atoms with Crippen molar-refractivity contribution in [3.05, 3.63) is 60.4 Å². The zero-order valence-corrected chi connectivity index (χ0v) is 15.7. The average molecular weight is 383 g/mol. The molecule has 6 nitrogen and oxygen atoms in total. The Morgan fingerprint density at radius 1 is 0.889 bits per heavy atom. The Balaban J connectivity index is 1.61. The van der Waals surface area contributed by atoms with Gasteiger partial charge in [-0.1, -0.05) is 25.0 Å². The minimum Gasteiger partial charge on any atom is -0.268 e. The molecule has 1 fully saturated rings. The first-order valence-corrected chi connectivity index (χ1v) is 10.6. The van der Waals surface area contributed by atoms with Crippen LogP contribution in [0.4, 0.5) is 0 Å². The van der Waals surface area contributed by atoms with E-state index in [1.54, 1.807) is 16.4 Å². The number of rotatable bonds is 3. The van der Waals surface area contributed by atoms with Gasteiger partial charge < -0.3 is 0 Å². The average Bonchev–Trinajstić information content (AvgIpc) is 2.92. The fourth-order valence-electron chi connectivity index (χ4n) is 3.46. The summed E-state index contributed by atoms with van der Waals surface area (Å²) in [6.45, 7) is 1.12. The molecular formula is C20H21N3O3S. The molecule has 0 radical (unpaired) electrons. The molecule has 0 atom stereocenters. The first-order chi connectivity index (χ1) is 13.1. The third kappa shape index (κ3) is 3.40. The highest BCUT2D eigenvalue weighted by Crippen LogP contribution is 2.21. The molecule has 1 aromatic heterocycles. The van der Waals surface area contributed by atoms with Crippen molar-refractivity contribution < 1.29 is 13.2 Å². The molecule has 1 aliphatic heterocycles. The third-order valence-corrected chi connectivity index (χ3v) is 6.89. The maximum atomic E-state index is 12.9. The number of benzene rings is 2. The summed E-state index contributed by atoms with van der Waals surface area (Å²) in [6, 6.07) is 13.6. The van der Waals surface area contributed by atoms with Crippen LogP contribution in [0.15, 0.2) is 59.8 Å². The Bertz CT molecular complexity index is 1060. The number of fused-ring (bicyclic) bond motifs is 1. The predicted octanol–water partition coefficient (Wildman–Crippen LogP) is 3.29. The highest BCUT2D eigenvalue weighted by atomic mass is 32.2. The molecule has 0 spiro atoms. The van der Waals surface area contributed by atoms with Crippen LogP contribution in [-0.4, -0.2) is 41.3 Å². The summed E-state index contributed by atoms with van der Waals surface area (Å²) in [7, 11) is -3.51. The molecule has 1 saturated heterocycles. The molecule has 0 unspecified atom stereocenters. The lowest BCUT2D eigenvalue weighted by Crippen LogP contribution is -2.31. The summed E-state index contributed by atoms with van der Waals surface area (Å²) in [6.07, 6.45) is 5.42. The number of imidazole rings is 1. The number of nitrogens with zero attached hydrogens (tertiary/aromatic N) is 3. The zero-order valence-electron chi connectivity index (χ0n) is 14.9. The fourth-order valence-corrected chi connectivity index (χ4v) is 4.98. The van der Waals surface area contributed by atoms with Crippen molar-refractivity contribution in [3.8, 4) is 0 Å². The molecule has 0 amide bonds. The minimum atomic E-state index is -3.51. The van der Waals surface area contributed by atoms with Crippen LogP contribution in [0.1, 0.15) is 36.0 Å². The second kappa shape index (κ2) is 7.25. The van der Waals surface area contributed by atoms with Crippen LogP contribution < -0.4 is 0 Å². The summed E-state index contributed by atoms with van der Waals surface area (Å²) >= 11 is 0. The van der Waals surface area contributed by atoms with Crippen LogP contribution >= 0.6 is 0 Å². The lowest BCUT2D eigenvalue weighted by molar-refractivity contribution is 0.0964. The first kappa shape index (κ1) is 17.9. The maximum Gasteiger partial charge on any atom is 0.263 e. The Morgan fingerprint density at radius 3 is 2.26 bits per heavy atom. The quantitative estimate of drug-likeness (QED) is 0.696. The van der Waals surface area contributed by atoms with Gasteiger partial charge in [0.15, 0.2) is 0 Å². The van der Waals surface area contributed by atoms with Gasteiger partial charge in [0.25, 0.3) is 5.91 Å². The van der Waals surface area contributed by atoms with E-state index < -0.39 is 10.0 Å². The molecule has 0 N–H and O–H groups in total. The second-order valence-electron chi connectivity index (χ2n) is 6.75. The van der Waals surface area contributed by atoms with Crippen LogP contribution in [0.2, 0.25) is 0 Å². The Kier molecular flexibility index (Phi) is 4.80. The maximum absolute atomic E-state index is 12.9. The van der Waals surface area contributed by atoms with Gasteiger partial charge in [0.2, 0.25) is 10.0 Å². The first-order valence-electron chi connectivity index (χ1n) is 9.14. The van der Waals surface area contributed by atoms with Gasteiger partial charge in [-0.05, 0) is 49.2 Å². The van der Waals surface area contributed by atoms with Crippen LogP contribution in [0.5, 0.6) is 0 Å². The fraction of sp³-hybridized carbons (Fsp3) is 0.300. The summed E-state index contributed by atoms with van der Waals surface area (Å²) in [5.74, 6) is -0.234. The molecule has 7 heteroatoms. The third-order valence-electron chi connectivity index (χ3n) is 4.98. The molecule has 140 valence electrons. The summed E-state index contributed by atoms with van der Waals surface area (Å²) < 4.78 is 28.7. The molecule has 2 aromatic carbocycles. The molecule has 4 rings (SSSR count). The minimum absolute atomic E-state index is 0.233. The van der Waals surface area contributed by atoms with Gasteiger partial charge in [0, 0.05) is 18.7 Å². The van der Waals surface area contributed by atoms with E-state index in [2.05, 4.69) is 4.98 Å². The number of sulfonamides is 1. The van der Waals surface area contributed by atoms with Crippen molar-refractivity contribution in [2.75, 3.05) is 13.1 Å². The topological polar surface area (TPSA) is 72.3 Å². The van der Waals surface area contributed by atoms with Crippen molar-refractivity contribution in [1.29, 1.82) is 0 Å². The SMILES string of the molecule is O=C(c1ccc(S(=O)(=O)N2CCCCCC2)cc1)n1cnc2ccccc21. The predicted molar refractivity (Wildman–Crippen MR) is 103 cm³/mol. The summed E-state index contributed by atoms with van der Waals surface area (Å²) in [4.78, 5) is 17.3. The Labute approximate surface area is 158 Å². The van der Waals surface area contributed by atoms with Crippen molar-refractivity contribution in [2.24, 2.45) is 0 Å². The van der Waals surface area contributed by atoms with E-state index in [0.29, 0.717) is 18.7 Å². The number of hydrogen-bond donors (Lipinski definition) is 0. The number of para-hydroxylation sites is 2. The Morgan fingerprint density at radius 2 is 1.56 bits per heavy atom.